The molecule has 0 aliphatic heterocycles. The lowest BCUT2D eigenvalue weighted by Gasteiger charge is -2.28. The third-order valence-electron chi connectivity index (χ3n) is 2.80. The summed E-state index contributed by atoms with van der Waals surface area (Å²) in [5.74, 6) is 1.64. The van der Waals surface area contributed by atoms with Crippen molar-refractivity contribution in [2.45, 2.75) is 40.3 Å². The van der Waals surface area contributed by atoms with E-state index in [4.69, 9.17) is 0 Å². The Kier molecular flexibility index (Phi) is 5.42. The van der Waals surface area contributed by atoms with Gasteiger partial charge in [0.15, 0.2) is 0 Å². The minimum Gasteiger partial charge on any atom is -0.373 e. The van der Waals surface area contributed by atoms with Gasteiger partial charge >= 0.3 is 0 Å². The van der Waals surface area contributed by atoms with E-state index in [9.17, 15) is 0 Å². The maximum atomic E-state index is 4.24. The molecule has 1 N–H and O–H groups in total. The Hall–Kier alpha value is -1.09. The van der Waals surface area contributed by atoms with Crippen molar-refractivity contribution in [3.63, 3.8) is 0 Å². The molecule has 0 unspecified atom stereocenters. The highest BCUT2D eigenvalue weighted by Crippen LogP contribution is 2.13. The predicted molar refractivity (Wildman–Crippen MR) is 74.2 cm³/mol. The lowest BCUT2D eigenvalue weighted by Crippen LogP contribution is -2.33. The molecule has 0 saturated heterocycles. The van der Waals surface area contributed by atoms with Crippen LogP contribution in [0.3, 0.4) is 0 Å². The molecular weight excluding hydrogens is 210 g/mol. The van der Waals surface area contributed by atoms with Crippen molar-refractivity contribution in [1.82, 2.24) is 9.88 Å². The highest BCUT2D eigenvalue weighted by molar-refractivity contribution is 5.36. The molecule has 1 rings (SSSR count). The van der Waals surface area contributed by atoms with Crippen LogP contribution in [0, 0.1) is 5.92 Å². The quantitative estimate of drug-likeness (QED) is 0.821. The predicted octanol–water partition coefficient (Wildman–Crippen LogP) is 2.99. The maximum Gasteiger partial charge on any atom is 0.125 e. The van der Waals surface area contributed by atoms with E-state index < -0.39 is 0 Å². The number of rotatable bonds is 6. The third-order valence-corrected chi connectivity index (χ3v) is 2.80. The van der Waals surface area contributed by atoms with E-state index in [2.05, 4.69) is 55.0 Å². The Balaban J connectivity index is 2.71. The van der Waals surface area contributed by atoms with Crippen LogP contribution >= 0.6 is 0 Å². The van der Waals surface area contributed by atoms with Crippen LogP contribution in [-0.2, 0) is 6.54 Å². The summed E-state index contributed by atoms with van der Waals surface area (Å²) in [6.07, 6.45) is 1.87. The fourth-order valence-corrected chi connectivity index (χ4v) is 1.87. The Morgan fingerprint density at radius 2 is 2.00 bits per heavy atom. The van der Waals surface area contributed by atoms with E-state index in [1.165, 1.54) is 5.56 Å². The van der Waals surface area contributed by atoms with E-state index in [1.54, 1.807) is 0 Å². The van der Waals surface area contributed by atoms with Crippen LogP contribution in [0.1, 0.15) is 33.3 Å². The molecule has 17 heavy (non-hydrogen) atoms. The van der Waals surface area contributed by atoms with Crippen LogP contribution in [0.15, 0.2) is 18.3 Å². The first kappa shape index (κ1) is 14.0. The van der Waals surface area contributed by atoms with Gasteiger partial charge in [-0.3, -0.25) is 4.90 Å². The molecule has 3 nitrogen and oxygen atoms in total. The molecule has 1 aromatic rings. The molecule has 0 atom stereocenters. The van der Waals surface area contributed by atoms with Gasteiger partial charge < -0.3 is 5.32 Å². The molecule has 0 radical (unpaired) electrons. The van der Waals surface area contributed by atoms with Gasteiger partial charge in [-0.05, 0) is 37.5 Å². The van der Waals surface area contributed by atoms with Crippen molar-refractivity contribution >= 4 is 5.82 Å². The Labute approximate surface area is 105 Å². The summed E-state index contributed by atoms with van der Waals surface area (Å²) in [6, 6.07) is 4.79. The van der Waals surface area contributed by atoms with Gasteiger partial charge in [-0.25, -0.2) is 4.98 Å². The molecule has 0 fully saturated rings. The lowest BCUT2D eigenvalue weighted by atomic mass is 10.1. The first-order chi connectivity index (χ1) is 8.02. The summed E-state index contributed by atoms with van der Waals surface area (Å²) >= 11 is 0. The Bertz CT molecular complexity index is 334. The fraction of sp³-hybridized carbons (Fsp3) is 0.643. The molecule has 0 amide bonds. The van der Waals surface area contributed by atoms with E-state index in [0.717, 1.165) is 18.9 Å². The fourth-order valence-electron chi connectivity index (χ4n) is 1.87. The van der Waals surface area contributed by atoms with Crippen molar-refractivity contribution in [3.05, 3.63) is 23.9 Å². The van der Waals surface area contributed by atoms with E-state index in [1.807, 2.05) is 13.2 Å². The van der Waals surface area contributed by atoms with Crippen molar-refractivity contribution in [2.24, 2.45) is 5.92 Å². The molecule has 0 spiro atoms. The summed E-state index contributed by atoms with van der Waals surface area (Å²) in [5.41, 5.74) is 1.32. The van der Waals surface area contributed by atoms with Gasteiger partial charge in [0, 0.05) is 32.4 Å². The number of hydrogen-bond acceptors (Lipinski definition) is 3. The normalized spacial score (nSPS) is 11.5. The van der Waals surface area contributed by atoms with Crippen LogP contribution in [0.25, 0.3) is 0 Å². The van der Waals surface area contributed by atoms with Gasteiger partial charge in [-0.2, -0.15) is 0 Å². The zero-order valence-corrected chi connectivity index (χ0v) is 11.7. The molecule has 0 bridgehead atoms. The van der Waals surface area contributed by atoms with Crippen LogP contribution in [0.2, 0.25) is 0 Å². The largest absolute Gasteiger partial charge is 0.373 e. The summed E-state index contributed by atoms with van der Waals surface area (Å²) in [6.45, 7) is 11.2. The second-order valence-electron chi connectivity index (χ2n) is 5.22. The standard InChI is InChI=1S/C14H25N3/c1-11(2)9-17(12(3)4)10-13-6-7-16-14(8-13)15-5/h6-8,11-12H,9-10H2,1-5H3,(H,15,16). The number of pyridine rings is 1. The monoisotopic (exact) mass is 235 g/mol. The van der Waals surface area contributed by atoms with E-state index >= 15 is 0 Å². The summed E-state index contributed by atoms with van der Waals surface area (Å²) in [4.78, 5) is 6.74. The number of hydrogen-bond donors (Lipinski definition) is 1. The maximum absolute atomic E-state index is 4.24. The van der Waals surface area contributed by atoms with Gasteiger partial charge in [0.25, 0.3) is 0 Å². The number of nitrogens with one attached hydrogen (secondary N) is 1. The summed E-state index contributed by atoms with van der Waals surface area (Å²) in [7, 11) is 1.90. The average Bonchev–Trinajstić information content (AvgIpc) is 2.27. The van der Waals surface area contributed by atoms with Gasteiger partial charge in [0.05, 0.1) is 0 Å². The topological polar surface area (TPSA) is 28.2 Å². The number of aromatic nitrogens is 1. The smallest absolute Gasteiger partial charge is 0.125 e. The zero-order valence-electron chi connectivity index (χ0n) is 11.7. The highest BCUT2D eigenvalue weighted by atomic mass is 15.1. The van der Waals surface area contributed by atoms with Crippen LogP contribution in [0.4, 0.5) is 5.82 Å². The first-order valence-corrected chi connectivity index (χ1v) is 6.39. The zero-order chi connectivity index (χ0) is 12.8. The van der Waals surface area contributed by atoms with Crippen molar-refractivity contribution in [1.29, 1.82) is 0 Å². The first-order valence-electron chi connectivity index (χ1n) is 6.39. The van der Waals surface area contributed by atoms with E-state index in [0.29, 0.717) is 12.0 Å². The minimum atomic E-state index is 0.573. The molecule has 0 saturated carbocycles. The molecule has 1 aromatic heterocycles. The second-order valence-corrected chi connectivity index (χ2v) is 5.22. The van der Waals surface area contributed by atoms with Gasteiger partial charge in [-0.1, -0.05) is 13.8 Å². The molecule has 0 aliphatic carbocycles. The van der Waals surface area contributed by atoms with Gasteiger partial charge in [0.2, 0.25) is 0 Å². The molecule has 0 aliphatic rings. The van der Waals surface area contributed by atoms with Crippen molar-refractivity contribution in [3.8, 4) is 0 Å². The molecule has 0 aromatic carbocycles. The van der Waals surface area contributed by atoms with E-state index in [-0.39, 0.29) is 0 Å². The number of anilines is 1. The average molecular weight is 235 g/mol. The third kappa shape index (κ3) is 4.73. The Morgan fingerprint density at radius 1 is 1.29 bits per heavy atom. The lowest BCUT2D eigenvalue weighted by molar-refractivity contribution is 0.189. The minimum absolute atomic E-state index is 0.573. The van der Waals surface area contributed by atoms with Crippen LogP contribution in [-0.4, -0.2) is 29.5 Å². The van der Waals surface area contributed by atoms with Crippen molar-refractivity contribution < 1.29 is 0 Å². The second kappa shape index (κ2) is 6.60. The molecule has 3 heteroatoms. The molecule has 1 heterocycles. The SMILES string of the molecule is CNc1cc(CN(CC(C)C)C(C)C)ccn1. The van der Waals surface area contributed by atoms with Gasteiger partial charge in [0.1, 0.15) is 5.82 Å². The van der Waals surface area contributed by atoms with Crippen LogP contribution < -0.4 is 5.32 Å². The Morgan fingerprint density at radius 3 is 2.53 bits per heavy atom. The van der Waals surface area contributed by atoms with Crippen molar-refractivity contribution in [2.75, 3.05) is 18.9 Å². The van der Waals surface area contributed by atoms with Crippen LogP contribution in [0.5, 0.6) is 0 Å². The highest BCUT2D eigenvalue weighted by Gasteiger charge is 2.11. The van der Waals surface area contributed by atoms with Gasteiger partial charge in [-0.15, -0.1) is 0 Å². The molecule has 96 valence electrons. The summed E-state index contributed by atoms with van der Waals surface area (Å²) in [5, 5.41) is 3.08. The number of nitrogens with zero attached hydrogens (tertiary/aromatic N) is 2. The summed E-state index contributed by atoms with van der Waals surface area (Å²) < 4.78 is 0. The molecular formula is C14H25N3.